The van der Waals surface area contributed by atoms with E-state index in [0.717, 1.165) is 5.69 Å². The topological polar surface area (TPSA) is 64.1 Å². The smallest absolute Gasteiger partial charge is 0.248 e. The van der Waals surface area contributed by atoms with Crippen molar-refractivity contribution in [3.8, 4) is 0 Å². The van der Waals surface area contributed by atoms with Crippen LogP contribution in [0.5, 0.6) is 0 Å². The molecule has 3 aromatic rings. The standard InChI is InChI=1S/C18H17BrClF2N3OS/c19-15-13(4-11(23)9-6-18(21,22)7-9)26-17-12(5-14(20)25-16(15)17)24-8-10-2-1-3-27-10/h1-3,5,9,11H,4,6-8,23H2,(H,24,25)/t11-/m1/s1. The molecule has 27 heavy (non-hydrogen) atoms. The maximum atomic E-state index is 13.1. The number of anilines is 1. The van der Waals surface area contributed by atoms with Crippen LogP contribution >= 0.6 is 38.9 Å². The molecule has 1 atom stereocenters. The first-order valence-electron chi connectivity index (χ1n) is 8.49. The number of halogens is 4. The number of thiophene rings is 1. The van der Waals surface area contributed by atoms with Crippen LogP contribution in [0.2, 0.25) is 5.15 Å². The van der Waals surface area contributed by atoms with Gasteiger partial charge >= 0.3 is 0 Å². The Hall–Kier alpha value is -1.22. The van der Waals surface area contributed by atoms with E-state index in [1.165, 1.54) is 4.88 Å². The van der Waals surface area contributed by atoms with Crippen LogP contribution in [0, 0.1) is 5.92 Å². The molecule has 0 spiro atoms. The molecule has 1 aliphatic rings. The number of alkyl halides is 2. The van der Waals surface area contributed by atoms with Crippen molar-refractivity contribution in [2.45, 2.75) is 37.8 Å². The molecule has 3 N–H and O–H groups in total. The predicted octanol–water partition coefficient (Wildman–Crippen LogP) is 5.83. The second kappa shape index (κ2) is 7.31. The fourth-order valence-electron chi connectivity index (χ4n) is 3.30. The summed E-state index contributed by atoms with van der Waals surface area (Å²) in [5, 5.41) is 5.67. The lowest BCUT2D eigenvalue weighted by molar-refractivity contribution is -0.116. The van der Waals surface area contributed by atoms with Crippen molar-refractivity contribution in [1.82, 2.24) is 4.98 Å². The first kappa shape index (κ1) is 19.1. The zero-order chi connectivity index (χ0) is 19.2. The Morgan fingerprint density at radius 1 is 1.48 bits per heavy atom. The molecule has 1 aliphatic carbocycles. The Labute approximate surface area is 172 Å². The second-order valence-corrected chi connectivity index (χ2v) is 9.05. The number of rotatable bonds is 6. The Kier molecular flexibility index (Phi) is 5.18. The number of hydrogen-bond acceptors (Lipinski definition) is 5. The molecule has 1 saturated carbocycles. The van der Waals surface area contributed by atoms with Crippen molar-refractivity contribution in [2.75, 3.05) is 5.32 Å². The van der Waals surface area contributed by atoms with Gasteiger partial charge in [0.2, 0.25) is 5.92 Å². The van der Waals surface area contributed by atoms with Crippen LogP contribution in [0.25, 0.3) is 11.1 Å². The van der Waals surface area contributed by atoms with Gasteiger partial charge in [0.25, 0.3) is 0 Å². The molecule has 0 unspecified atom stereocenters. The Morgan fingerprint density at radius 3 is 2.93 bits per heavy atom. The van der Waals surface area contributed by atoms with Gasteiger partial charge in [-0.05, 0) is 33.3 Å². The molecule has 144 valence electrons. The van der Waals surface area contributed by atoms with E-state index < -0.39 is 5.92 Å². The van der Waals surface area contributed by atoms with Gasteiger partial charge < -0.3 is 15.5 Å². The van der Waals surface area contributed by atoms with Gasteiger partial charge in [0.15, 0.2) is 5.58 Å². The highest BCUT2D eigenvalue weighted by molar-refractivity contribution is 9.10. The molecular weight excluding hydrogens is 460 g/mol. The number of nitrogens with one attached hydrogen (secondary N) is 1. The quantitative estimate of drug-likeness (QED) is 0.439. The van der Waals surface area contributed by atoms with E-state index in [1.54, 1.807) is 17.4 Å². The summed E-state index contributed by atoms with van der Waals surface area (Å²) in [5.74, 6) is -2.18. The SMILES string of the molecule is N[C@H](Cc1oc2c(NCc3cccs3)cc(Cl)nc2c1Br)C1CC(F)(F)C1. The first-order chi connectivity index (χ1) is 12.8. The van der Waals surface area contributed by atoms with Gasteiger partial charge in [-0.3, -0.25) is 0 Å². The number of pyridine rings is 1. The summed E-state index contributed by atoms with van der Waals surface area (Å²) in [6.45, 7) is 0.636. The van der Waals surface area contributed by atoms with E-state index in [9.17, 15) is 8.78 Å². The van der Waals surface area contributed by atoms with Crippen molar-refractivity contribution in [3.05, 3.63) is 43.8 Å². The molecule has 0 radical (unpaired) electrons. The Balaban J connectivity index is 1.57. The van der Waals surface area contributed by atoms with Gasteiger partial charge in [0.1, 0.15) is 16.4 Å². The maximum absolute atomic E-state index is 13.1. The highest BCUT2D eigenvalue weighted by atomic mass is 79.9. The van der Waals surface area contributed by atoms with Gasteiger partial charge in [0, 0.05) is 42.8 Å². The zero-order valence-corrected chi connectivity index (χ0v) is 17.3. The van der Waals surface area contributed by atoms with Crippen LogP contribution < -0.4 is 11.1 Å². The van der Waals surface area contributed by atoms with E-state index in [4.69, 9.17) is 21.8 Å². The summed E-state index contributed by atoms with van der Waals surface area (Å²) >= 11 is 11.3. The molecule has 3 heterocycles. The molecule has 3 aromatic heterocycles. The highest BCUT2D eigenvalue weighted by Crippen LogP contribution is 2.45. The number of hydrogen-bond donors (Lipinski definition) is 2. The zero-order valence-electron chi connectivity index (χ0n) is 14.1. The Bertz CT molecular complexity index is 955. The van der Waals surface area contributed by atoms with Crippen LogP contribution in [0.4, 0.5) is 14.5 Å². The monoisotopic (exact) mass is 475 g/mol. The van der Waals surface area contributed by atoms with Crippen LogP contribution in [0.15, 0.2) is 32.5 Å². The molecule has 4 rings (SSSR count). The molecule has 0 saturated heterocycles. The summed E-state index contributed by atoms with van der Waals surface area (Å²) in [5.41, 5.74) is 8.04. The number of furan rings is 1. The van der Waals surface area contributed by atoms with Gasteiger partial charge in [-0.2, -0.15) is 0 Å². The van der Waals surface area contributed by atoms with Gasteiger partial charge in [0.05, 0.1) is 10.2 Å². The third-order valence-electron chi connectivity index (χ3n) is 4.80. The molecule has 0 amide bonds. The average Bonchev–Trinajstić information content (AvgIpc) is 3.20. The van der Waals surface area contributed by atoms with Crippen molar-refractivity contribution in [1.29, 1.82) is 0 Å². The molecule has 1 fully saturated rings. The van der Waals surface area contributed by atoms with Crippen molar-refractivity contribution in [3.63, 3.8) is 0 Å². The van der Waals surface area contributed by atoms with E-state index in [2.05, 4.69) is 26.2 Å². The van der Waals surface area contributed by atoms with Crippen molar-refractivity contribution < 1.29 is 13.2 Å². The van der Waals surface area contributed by atoms with E-state index in [-0.39, 0.29) is 24.8 Å². The fourth-order valence-corrected chi connectivity index (χ4v) is 4.65. The molecule has 0 aliphatic heterocycles. The summed E-state index contributed by atoms with van der Waals surface area (Å²) in [4.78, 5) is 5.51. The van der Waals surface area contributed by atoms with E-state index in [1.807, 2.05) is 17.5 Å². The number of nitrogens with two attached hydrogens (primary N) is 1. The highest BCUT2D eigenvalue weighted by Gasteiger charge is 2.47. The van der Waals surface area contributed by atoms with Crippen LogP contribution in [-0.4, -0.2) is 16.9 Å². The van der Waals surface area contributed by atoms with E-state index in [0.29, 0.717) is 39.5 Å². The van der Waals surface area contributed by atoms with Crippen molar-refractivity contribution in [2.24, 2.45) is 11.7 Å². The third kappa shape index (κ3) is 3.99. The number of aromatic nitrogens is 1. The third-order valence-corrected chi connectivity index (χ3v) is 6.69. The largest absolute Gasteiger partial charge is 0.456 e. The minimum absolute atomic E-state index is 0.163. The lowest BCUT2D eigenvalue weighted by Crippen LogP contribution is -2.46. The minimum Gasteiger partial charge on any atom is -0.456 e. The summed E-state index contributed by atoms with van der Waals surface area (Å²) in [6, 6.07) is 5.35. The molecule has 0 bridgehead atoms. The number of nitrogens with zero attached hydrogens (tertiary/aromatic N) is 1. The van der Waals surface area contributed by atoms with Gasteiger partial charge in [-0.1, -0.05) is 17.7 Å². The summed E-state index contributed by atoms with van der Waals surface area (Å²) < 4.78 is 32.9. The Morgan fingerprint density at radius 2 is 2.26 bits per heavy atom. The lowest BCUT2D eigenvalue weighted by Gasteiger charge is -2.38. The van der Waals surface area contributed by atoms with E-state index >= 15 is 0 Å². The summed E-state index contributed by atoms with van der Waals surface area (Å²) in [6.07, 6.45) is 0.0348. The first-order valence-corrected chi connectivity index (χ1v) is 10.5. The summed E-state index contributed by atoms with van der Waals surface area (Å²) in [7, 11) is 0. The van der Waals surface area contributed by atoms with Gasteiger partial charge in [-0.25, -0.2) is 13.8 Å². The fraction of sp³-hybridized carbons (Fsp3) is 0.389. The predicted molar refractivity (Wildman–Crippen MR) is 108 cm³/mol. The number of fused-ring (bicyclic) bond motifs is 1. The minimum atomic E-state index is -2.58. The normalized spacial score (nSPS) is 17.8. The second-order valence-electron chi connectivity index (χ2n) is 6.83. The van der Waals surface area contributed by atoms with Crippen LogP contribution in [-0.2, 0) is 13.0 Å². The van der Waals surface area contributed by atoms with Gasteiger partial charge in [-0.15, -0.1) is 11.3 Å². The molecular formula is C18H17BrClF2N3OS. The molecule has 0 aromatic carbocycles. The molecule has 4 nitrogen and oxygen atoms in total. The lowest BCUT2D eigenvalue weighted by atomic mass is 9.75. The van der Waals surface area contributed by atoms with Crippen LogP contribution in [0.3, 0.4) is 0 Å². The molecule has 9 heteroatoms. The average molecular weight is 477 g/mol. The van der Waals surface area contributed by atoms with Crippen LogP contribution in [0.1, 0.15) is 23.5 Å². The van der Waals surface area contributed by atoms with Crippen molar-refractivity contribution >= 4 is 55.7 Å². The maximum Gasteiger partial charge on any atom is 0.248 e.